The molecule has 3 rings (SSSR count). The first kappa shape index (κ1) is 30.4. The number of thiazole rings is 1. The fraction of sp³-hybridized carbons (Fsp3) is 0.409. The zero-order chi connectivity index (χ0) is 22.1. The van der Waals surface area contributed by atoms with Crippen LogP contribution in [0.2, 0.25) is 5.02 Å². The van der Waals surface area contributed by atoms with Crippen molar-refractivity contribution in [1.82, 2.24) is 15.6 Å². The lowest BCUT2D eigenvalue weighted by Gasteiger charge is -2.13. The van der Waals surface area contributed by atoms with Crippen molar-refractivity contribution < 1.29 is 10.2 Å². The Hall–Kier alpha value is -0.590. The second kappa shape index (κ2) is 16.1. The van der Waals surface area contributed by atoms with Crippen LogP contribution in [0.3, 0.4) is 0 Å². The predicted molar refractivity (Wildman–Crippen MR) is 153 cm³/mol. The number of thioether (sulfide) groups is 1. The number of phenolic OH excluding ortho intramolecular Hbond substituents is 1. The third kappa shape index (κ3) is 9.52. The highest BCUT2D eigenvalue weighted by molar-refractivity contribution is 8.93. The van der Waals surface area contributed by atoms with Crippen molar-refractivity contribution in [1.29, 1.82) is 0 Å². The Morgan fingerprint density at radius 3 is 2.64 bits per heavy atom. The van der Waals surface area contributed by atoms with Gasteiger partial charge in [-0.1, -0.05) is 47.2 Å². The second-order valence-corrected chi connectivity index (χ2v) is 9.78. The van der Waals surface area contributed by atoms with Crippen LogP contribution in [0.4, 0.5) is 0 Å². The Labute approximate surface area is 228 Å². The molecule has 0 unspecified atom stereocenters. The number of aromatic hydroxyl groups is 1. The number of rotatable bonds is 13. The first-order chi connectivity index (χ1) is 15.1. The fourth-order valence-electron chi connectivity index (χ4n) is 3.25. The van der Waals surface area contributed by atoms with Gasteiger partial charge < -0.3 is 25.8 Å². The summed E-state index contributed by atoms with van der Waals surface area (Å²) < 4.78 is 0.608. The first-order valence-corrected chi connectivity index (χ1v) is 12.7. The maximum atomic E-state index is 11.6. The fourth-order valence-corrected chi connectivity index (χ4v) is 5.23. The zero-order valence-electron chi connectivity index (χ0n) is 18.0. The van der Waals surface area contributed by atoms with E-state index in [2.05, 4.69) is 21.7 Å². The van der Waals surface area contributed by atoms with Gasteiger partial charge in [-0.15, -0.1) is 34.0 Å². The van der Waals surface area contributed by atoms with E-state index >= 15 is 0 Å². The standard InChI is InChI=1S/C22H28ClN3O3S2.2BrH/c23-17-5-2-1-4-15(17)8-10-24-11-13-30-12-3-9-25-14-19(28)16-6-7-18(27)20-21(16)31-22(29)26-20;;/h1-2,4-7,19,24-25,27-28H,3,8-14H2,(H,26,29);2*1H/t19-;;/m0../s1. The number of hydrogen-bond acceptors (Lipinski definition) is 7. The van der Waals surface area contributed by atoms with Crippen LogP contribution in [0, 0.1) is 0 Å². The minimum atomic E-state index is -0.732. The number of halogens is 3. The molecule has 184 valence electrons. The molecular weight excluding hydrogens is 614 g/mol. The van der Waals surface area contributed by atoms with Crippen LogP contribution in [0.1, 0.15) is 23.7 Å². The van der Waals surface area contributed by atoms with Gasteiger partial charge in [-0.2, -0.15) is 11.8 Å². The van der Waals surface area contributed by atoms with Gasteiger partial charge in [-0.05, 0) is 49.4 Å². The topological polar surface area (TPSA) is 97.4 Å². The number of phenols is 1. The lowest BCUT2D eigenvalue weighted by Crippen LogP contribution is -2.23. The molecule has 0 fully saturated rings. The lowest BCUT2D eigenvalue weighted by atomic mass is 10.1. The van der Waals surface area contributed by atoms with Gasteiger partial charge in [0.15, 0.2) is 0 Å². The summed E-state index contributed by atoms with van der Waals surface area (Å²) in [5.41, 5.74) is 2.22. The first-order valence-electron chi connectivity index (χ1n) is 10.3. The Morgan fingerprint density at radius 1 is 1.06 bits per heavy atom. The van der Waals surface area contributed by atoms with E-state index in [-0.39, 0.29) is 44.6 Å². The van der Waals surface area contributed by atoms with Crippen LogP contribution in [0.5, 0.6) is 5.75 Å². The molecule has 1 heterocycles. The molecular formula is C22H30Br2ClN3O3S2. The molecule has 1 aromatic heterocycles. The number of aromatic amines is 1. The molecule has 0 saturated carbocycles. The highest BCUT2D eigenvalue weighted by Gasteiger charge is 2.15. The molecule has 0 radical (unpaired) electrons. The molecule has 0 aliphatic heterocycles. The van der Waals surface area contributed by atoms with Crippen molar-refractivity contribution in [3.05, 3.63) is 62.2 Å². The minimum Gasteiger partial charge on any atom is -0.506 e. The summed E-state index contributed by atoms with van der Waals surface area (Å²) in [7, 11) is 0. The molecule has 1 atom stereocenters. The Kier molecular flexibility index (Phi) is 14.9. The molecule has 0 amide bonds. The third-order valence-electron chi connectivity index (χ3n) is 4.88. The van der Waals surface area contributed by atoms with Gasteiger partial charge >= 0.3 is 4.87 Å². The summed E-state index contributed by atoms with van der Waals surface area (Å²) in [5.74, 6) is 2.13. The molecule has 0 aliphatic carbocycles. The van der Waals surface area contributed by atoms with Crippen molar-refractivity contribution in [3.63, 3.8) is 0 Å². The van der Waals surface area contributed by atoms with Crippen molar-refractivity contribution in [3.8, 4) is 5.75 Å². The summed E-state index contributed by atoms with van der Waals surface area (Å²) in [5, 5.41) is 27.9. The van der Waals surface area contributed by atoms with Gasteiger partial charge in [-0.25, -0.2) is 0 Å². The van der Waals surface area contributed by atoms with Crippen LogP contribution in [-0.4, -0.2) is 52.9 Å². The van der Waals surface area contributed by atoms with Crippen molar-refractivity contribution in [2.75, 3.05) is 37.7 Å². The van der Waals surface area contributed by atoms with E-state index in [4.69, 9.17) is 11.6 Å². The summed E-state index contributed by atoms with van der Waals surface area (Å²) in [6, 6.07) is 11.1. The average molecular weight is 644 g/mol. The second-order valence-electron chi connectivity index (χ2n) is 7.17. The minimum absolute atomic E-state index is 0. The maximum absolute atomic E-state index is 11.6. The highest BCUT2D eigenvalue weighted by Crippen LogP contribution is 2.31. The third-order valence-corrected chi connectivity index (χ3v) is 7.25. The van der Waals surface area contributed by atoms with Gasteiger partial charge in [0.05, 0.1) is 10.8 Å². The summed E-state index contributed by atoms with van der Waals surface area (Å²) in [6.45, 7) is 3.11. The highest BCUT2D eigenvalue weighted by atomic mass is 79.9. The van der Waals surface area contributed by atoms with E-state index in [0.29, 0.717) is 22.3 Å². The van der Waals surface area contributed by atoms with E-state index in [1.165, 1.54) is 11.6 Å². The summed E-state index contributed by atoms with van der Waals surface area (Å²) in [4.78, 5) is 13.9. The van der Waals surface area contributed by atoms with Crippen LogP contribution in [-0.2, 0) is 6.42 Å². The number of fused-ring (bicyclic) bond motifs is 1. The van der Waals surface area contributed by atoms with Crippen molar-refractivity contribution in [2.45, 2.75) is 18.9 Å². The average Bonchev–Trinajstić information content (AvgIpc) is 3.15. The van der Waals surface area contributed by atoms with E-state index < -0.39 is 6.10 Å². The molecule has 6 nitrogen and oxygen atoms in total. The van der Waals surface area contributed by atoms with Crippen LogP contribution < -0.4 is 15.5 Å². The lowest BCUT2D eigenvalue weighted by molar-refractivity contribution is 0.176. The summed E-state index contributed by atoms with van der Waals surface area (Å²) in [6.07, 6.45) is 1.22. The summed E-state index contributed by atoms with van der Waals surface area (Å²) >= 11 is 9.07. The Morgan fingerprint density at radius 2 is 1.85 bits per heavy atom. The van der Waals surface area contributed by atoms with E-state index in [9.17, 15) is 15.0 Å². The molecule has 11 heteroatoms. The number of H-pyrrole nitrogens is 1. The molecule has 0 saturated heterocycles. The van der Waals surface area contributed by atoms with Crippen molar-refractivity contribution in [2.24, 2.45) is 0 Å². The van der Waals surface area contributed by atoms with Crippen LogP contribution in [0.25, 0.3) is 10.2 Å². The van der Waals surface area contributed by atoms with Gasteiger partial charge in [0.25, 0.3) is 0 Å². The molecule has 2 aromatic carbocycles. The normalized spacial score (nSPS) is 11.7. The number of aliphatic hydroxyl groups excluding tert-OH is 1. The SMILES string of the molecule is Br.Br.O=c1[nH]c2c(O)ccc([C@@H](O)CNCCCSCCNCCc3ccccc3Cl)c2s1. The van der Waals surface area contributed by atoms with E-state index in [1.807, 2.05) is 30.0 Å². The largest absolute Gasteiger partial charge is 0.506 e. The van der Waals surface area contributed by atoms with Crippen LogP contribution >= 0.6 is 68.7 Å². The molecule has 3 aromatic rings. The number of nitrogens with one attached hydrogen (secondary N) is 3. The molecule has 5 N–H and O–H groups in total. The van der Waals surface area contributed by atoms with E-state index in [1.54, 1.807) is 6.07 Å². The maximum Gasteiger partial charge on any atom is 0.305 e. The predicted octanol–water partition coefficient (Wildman–Crippen LogP) is 4.68. The van der Waals surface area contributed by atoms with Gasteiger partial charge in [0, 0.05) is 29.4 Å². The van der Waals surface area contributed by atoms with Crippen LogP contribution in [0.15, 0.2) is 41.2 Å². The van der Waals surface area contributed by atoms with E-state index in [0.717, 1.165) is 60.3 Å². The van der Waals surface area contributed by atoms with Crippen molar-refractivity contribution >= 4 is 78.9 Å². The number of hydrogen-bond donors (Lipinski definition) is 5. The zero-order valence-corrected chi connectivity index (χ0v) is 23.8. The quantitative estimate of drug-likeness (QED) is 0.174. The van der Waals surface area contributed by atoms with Gasteiger partial charge in [-0.3, -0.25) is 4.79 Å². The Balaban J connectivity index is 0.00000272. The van der Waals surface area contributed by atoms with Gasteiger partial charge in [0.1, 0.15) is 11.3 Å². The molecule has 0 bridgehead atoms. The molecule has 0 aliphatic rings. The molecule has 0 spiro atoms. The monoisotopic (exact) mass is 641 g/mol. The smallest absolute Gasteiger partial charge is 0.305 e. The Bertz CT molecular complexity index is 1040. The number of aromatic nitrogens is 1. The van der Waals surface area contributed by atoms with Gasteiger partial charge in [0.2, 0.25) is 0 Å². The molecule has 33 heavy (non-hydrogen) atoms. The number of aliphatic hydroxyl groups is 1. The number of benzene rings is 2.